The lowest BCUT2D eigenvalue weighted by Crippen LogP contribution is -2.31. The van der Waals surface area contributed by atoms with E-state index in [1.165, 1.54) is 19.2 Å². The molecule has 1 amide bonds. The van der Waals surface area contributed by atoms with Gasteiger partial charge in [-0.15, -0.1) is 0 Å². The Kier molecular flexibility index (Phi) is 7.09. The van der Waals surface area contributed by atoms with Crippen LogP contribution in [-0.2, 0) is 22.7 Å². The molecule has 0 radical (unpaired) electrons. The van der Waals surface area contributed by atoms with Gasteiger partial charge in [-0.05, 0) is 49.7 Å². The van der Waals surface area contributed by atoms with Gasteiger partial charge in [-0.1, -0.05) is 6.07 Å². The molecule has 0 heterocycles. The van der Waals surface area contributed by atoms with Crippen LogP contribution in [-0.4, -0.2) is 27.5 Å². The summed E-state index contributed by atoms with van der Waals surface area (Å²) in [5, 5.41) is 2.29. The Labute approximate surface area is 171 Å². The number of ether oxygens (including phenoxy) is 1. The molecule has 0 aliphatic rings. The molecular weight excluding hydrogens is 428 g/mol. The van der Waals surface area contributed by atoms with E-state index < -0.39 is 46.1 Å². The quantitative estimate of drug-likeness (QED) is 0.636. The fourth-order valence-electron chi connectivity index (χ4n) is 2.65. The van der Waals surface area contributed by atoms with Crippen LogP contribution >= 0.6 is 0 Å². The number of nitrogens with one attached hydrogen (secondary N) is 2. The van der Waals surface area contributed by atoms with Crippen LogP contribution in [0.15, 0.2) is 41.3 Å². The summed E-state index contributed by atoms with van der Waals surface area (Å²) in [6.45, 7) is 2.69. The normalized spacial score (nSPS) is 12.1. The molecule has 11 heteroatoms. The Balaban J connectivity index is 2.30. The minimum absolute atomic E-state index is 0.00223. The zero-order valence-corrected chi connectivity index (χ0v) is 17.1. The van der Waals surface area contributed by atoms with Crippen LogP contribution in [0.4, 0.5) is 17.6 Å². The first kappa shape index (κ1) is 23.6. The van der Waals surface area contributed by atoms with Crippen LogP contribution in [0.5, 0.6) is 5.75 Å². The van der Waals surface area contributed by atoms with E-state index in [2.05, 4.69) is 10.0 Å². The molecule has 0 aromatic heterocycles. The van der Waals surface area contributed by atoms with E-state index in [0.29, 0.717) is 6.07 Å². The largest absolute Gasteiger partial charge is 0.495 e. The minimum Gasteiger partial charge on any atom is -0.495 e. The molecule has 2 aromatic carbocycles. The van der Waals surface area contributed by atoms with Crippen molar-refractivity contribution < 1.29 is 35.5 Å². The molecule has 0 aliphatic carbocycles. The molecule has 0 bridgehead atoms. The van der Waals surface area contributed by atoms with E-state index in [4.69, 9.17) is 4.74 Å². The summed E-state index contributed by atoms with van der Waals surface area (Å²) in [7, 11) is -2.74. The Hall–Kier alpha value is -2.66. The van der Waals surface area contributed by atoms with Gasteiger partial charge in [0.1, 0.15) is 16.5 Å². The van der Waals surface area contributed by atoms with Crippen LogP contribution in [0.25, 0.3) is 0 Å². The van der Waals surface area contributed by atoms with Crippen LogP contribution in [0, 0.1) is 5.82 Å². The van der Waals surface area contributed by atoms with Crippen LogP contribution in [0.1, 0.15) is 35.3 Å². The molecule has 2 rings (SSSR count). The zero-order valence-electron chi connectivity index (χ0n) is 16.3. The van der Waals surface area contributed by atoms with Crippen molar-refractivity contribution >= 4 is 15.9 Å². The maximum atomic E-state index is 13.2. The number of carbonyl (C=O) groups excluding carboxylic acids is 1. The highest BCUT2D eigenvalue weighted by atomic mass is 32.2. The molecule has 0 fully saturated rings. The van der Waals surface area contributed by atoms with Gasteiger partial charge in [0.05, 0.1) is 12.7 Å². The number of hydrogen-bond acceptors (Lipinski definition) is 4. The lowest BCUT2D eigenvalue weighted by atomic mass is 10.1. The maximum Gasteiger partial charge on any atom is 0.416 e. The third-order valence-corrected chi connectivity index (χ3v) is 5.60. The lowest BCUT2D eigenvalue weighted by molar-refractivity contribution is -0.138. The highest BCUT2D eigenvalue weighted by molar-refractivity contribution is 7.89. The third kappa shape index (κ3) is 5.70. The van der Waals surface area contributed by atoms with Gasteiger partial charge in [0.25, 0.3) is 5.91 Å². The van der Waals surface area contributed by atoms with Gasteiger partial charge in [0.15, 0.2) is 0 Å². The first-order chi connectivity index (χ1) is 13.8. The fraction of sp³-hybridized carbons (Fsp3) is 0.316. The van der Waals surface area contributed by atoms with Crippen molar-refractivity contribution in [3.8, 4) is 5.75 Å². The average molecular weight is 448 g/mol. The van der Waals surface area contributed by atoms with E-state index >= 15 is 0 Å². The summed E-state index contributed by atoms with van der Waals surface area (Å²) in [6.07, 6.45) is -4.80. The van der Waals surface area contributed by atoms with Gasteiger partial charge in [0.2, 0.25) is 10.0 Å². The van der Waals surface area contributed by atoms with Crippen molar-refractivity contribution in [1.29, 1.82) is 0 Å². The van der Waals surface area contributed by atoms with Crippen molar-refractivity contribution in [3.05, 3.63) is 58.9 Å². The topological polar surface area (TPSA) is 84.5 Å². The van der Waals surface area contributed by atoms with Crippen molar-refractivity contribution in [2.45, 2.75) is 37.5 Å². The summed E-state index contributed by atoms with van der Waals surface area (Å²) in [6, 6.07) is 5.31. The predicted octanol–water partition coefficient (Wildman–Crippen LogP) is 3.47. The summed E-state index contributed by atoms with van der Waals surface area (Å²) in [5.41, 5.74) is -1.64. The highest BCUT2D eigenvalue weighted by Crippen LogP contribution is 2.32. The summed E-state index contributed by atoms with van der Waals surface area (Å²) < 4.78 is 84.8. The first-order valence-electron chi connectivity index (χ1n) is 8.69. The minimum atomic E-state index is -4.80. The predicted molar refractivity (Wildman–Crippen MR) is 101 cm³/mol. The van der Waals surface area contributed by atoms with Gasteiger partial charge < -0.3 is 10.1 Å². The number of alkyl halides is 3. The van der Waals surface area contributed by atoms with Crippen molar-refractivity contribution in [2.75, 3.05) is 7.11 Å². The number of carbonyl (C=O) groups is 1. The number of rotatable bonds is 7. The smallest absolute Gasteiger partial charge is 0.416 e. The first-order valence-corrected chi connectivity index (χ1v) is 10.2. The molecular formula is C19H20F4N2O4S. The lowest BCUT2D eigenvalue weighted by Gasteiger charge is -2.15. The maximum absolute atomic E-state index is 13.2. The number of sulfonamides is 1. The summed E-state index contributed by atoms with van der Waals surface area (Å²) in [4.78, 5) is 12.1. The van der Waals surface area contributed by atoms with E-state index in [1.54, 1.807) is 13.8 Å². The summed E-state index contributed by atoms with van der Waals surface area (Å²) >= 11 is 0. The van der Waals surface area contributed by atoms with Crippen LogP contribution in [0.3, 0.4) is 0 Å². The molecule has 0 saturated heterocycles. The second-order valence-corrected chi connectivity index (χ2v) is 8.31. The second kappa shape index (κ2) is 9.00. The van der Waals surface area contributed by atoms with Crippen molar-refractivity contribution in [2.24, 2.45) is 0 Å². The molecule has 0 spiro atoms. The van der Waals surface area contributed by atoms with E-state index in [-0.39, 0.29) is 21.8 Å². The van der Waals surface area contributed by atoms with E-state index in [1.807, 2.05) is 0 Å². The number of halogens is 4. The number of amides is 1. The molecule has 0 saturated carbocycles. The molecule has 2 N–H and O–H groups in total. The van der Waals surface area contributed by atoms with Crippen molar-refractivity contribution in [3.63, 3.8) is 0 Å². The van der Waals surface area contributed by atoms with Gasteiger partial charge in [-0.25, -0.2) is 17.5 Å². The number of methoxy groups -OCH3 is 1. The number of benzene rings is 2. The molecule has 0 unspecified atom stereocenters. The second-order valence-electron chi connectivity index (χ2n) is 6.62. The van der Waals surface area contributed by atoms with Crippen LogP contribution < -0.4 is 14.8 Å². The molecule has 164 valence electrons. The highest BCUT2D eigenvalue weighted by Gasteiger charge is 2.33. The summed E-state index contributed by atoms with van der Waals surface area (Å²) in [5.74, 6) is -1.87. The molecule has 0 aliphatic heterocycles. The average Bonchev–Trinajstić information content (AvgIpc) is 2.64. The molecule has 0 atom stereocenters. The van der Waals surface area contributed by atoms with Gasteiger partial charge in [0, 0.05) is 18.2 Å². The van der Waals surface area contributed by atoms with Crippen molar-refractivity contribution in [1.82, 2.24) is 10.0 Å². The zero-order chi connectivity index (χ0) is 22.7. The molecule has 30 heavy (non-hydrogen) atoms. The third-order valence-electron chi connectivity index (χ3n) is 3.92. The Morgan fingerprint density at radius 1 is 1.13 bits per heavy atom. The van der Waals surface area contributed by atoms with Gasteiger partial charge in [-0.3, -0.25) is 4.79 Å². The Bertz CT molecular complexity index is 1040. The van der Waals surface area contributed by atoms with Crippen LogP contribution in [0.2, 0.25) is 0 Å². The molecule has 6 nitrogen and oxygen atoms in total. The number of hydrogen-bond donors (Lipinski definition) is 2. The Morgan fingerprint density at radius 2 is 1.80 bits per heavy atom. The van der Waals surface area contributed by atoms with E-state index in [9.17, 15) is 30.8 Å². The van der Waals surface area contributed by atoms with E-state index in [0.717, 1.165) is 18.2 Å². The standard InChI is InChI=1S/C19H20F4N2O4S/c1-11(2)25-30(27,28)17-8-12(5-7-16(17)29-3)18(26)24-10-13-4-6-14(20)9-15(13)19(21,22)23/h4-9,11,25H,10H2,1-3H3,(H,24,26). The van der Waals surface area contributed by atoms with Gasteiger partial charge >= 0.3 is 6.18 Å². The SMILES string of the molecule is COc1ccc(C(=O)NCc2ccc(F)cc2C(F)(F)F)cc1S(=O)(=O)NC(C)C. The Morgan fingerprint density at radius 3 is 2.37 bits per heavy atom. The fourth-order valence-corrected chi connectivity index (χ4v) is 4.09. The molecule has 2 aromatic rings. The van der Waals surface area contributed by atoms with Gasteiger partial charge in [-0.2, -0.15) is 13.2 Å². The monoisotopic (exact) mass is 448 g/mol.